The summed E-state index contributed by atoms with van der Waals surface area (Å²) in [6.45, 7) is 0.251. The Hall–Kier alpha value is -0.293. The van der Waals surface area contributed by atoms with Gasteiger partial charge in [-0.25, -0.2) is 4.39 Å². The van der Waals surface area contributed by atoms with Crippen LogP contribution in [-0.2, 0) is 6.54 Å². The fourth-order valence-electron chi connectivity index (χ4n) is 0.608. The third-order valence-corrected chi connectivity index (χ3v) is 1.12. The normalized spacial score (nSPS) is 8.60. The molecule has 0 aliphatic heterocycles. The van der Waals surface area contributed by atoms with Gasteiger partial charge in [-0.05, 0) is 12.1 Å². The third-order valence-electron chi connectivity index (χ3n) is 1.12. The van der Waals surface area contributed by atoms with Crippen molar-refractivity contribution in [3.63, 3.8) is 0 Å². The molecule has 0 aliphatic carbocycles. The molecule has 0 aromatic heterocycles. The zero-order chi connectivity index (χ0) is 6.69. The van der Waals surface area contributed by atoms with Crippen molar-refractivity contribution < 1.29 is 4.39 Å². The fraction of sp³-hybridized carbons (Fsp3) is 0.143. The SMILES string of the molecule is NCc1cc[c]cc1F.[LiH]. The Balaban J connectivity index is 0.000000810. The second kappa shape index (κ2) is 4.51. The molecule has 0 spiro atoms. The van der Waals surface area contributed by atoms with Gasteiger partial charge < -0.3 is 5.73 Å². The molecule has 0 fully saturated rings. The molecule has 1 nitrogen and oxygen atoms in total. The van der Waals surface area contributed by atoms with Gasteiger partial charge in [0, 0.05) is 12.1 Å². The van der Waals surface area contributed by atoms with Gasteiger partial charge in [0.15, 0.2) is 0 Å². The van der Waals surface area contributed by atoms with Crippen LogP contribution in [0.1, 0.15) is 5.56 Å². The van der Waals surface area contributed by atoms with E-state index in [1.807, 2.05) is 0 Å². The topological polar surface area (TPSA) is 26.0 Å². The Bertz CT molecular complexity index is 203. The average molecular weight is 132 g/mol. The molecule has 49 valence electrons. The molecule has 10 heavy (non-hydrogen) atoms. The quantitative estimate of drug-likeness (QED) is 0.551. The number of hydrogen-bond donors (Lipinski definition) is 1. The molecule has 0 bridgehead atoms. The maximum absolute atomic E-state index is 12.5. The Labute approximate surface area is 71.6 Å². The van der Waals surface area contributed by atoms with Crippen molar-refractivity contribution in [1.82, 2.24) is 0 Å². The first kappa shape index (κ1) is 9.71. The molecule has 0 heterocycles. The van der Waals surface area contributed by atoms with Crippen molar-refractivity contribution in [2.75, 3.05) is 0 Å². The molecule has 0 unspecified atom stereocenters. The van der Waals surface area contributed by atoms with Gasteiger partial charge in [-0.3, -0.25) is 0 Å². The predicted molar refractivity (Wildman–Crippen MR) is 40.3 cm³/mol. The standard InChI is InChI=1S/C7H7FN.Li.H/c8-7-4-2-1-3-6(7)5-9;;/h1,3-4H,5,9H2;;. The zero-order valence-corrected chi connectivity index (χ0v) is 4.89. The molecule has 1 rings (SSSR count). The summed E-state index contributed by atoms with van der Waals surface area (Å²) in [6, 6.07) is 7.15. The van der Waals surface area contributed by atoms with E-state index in [-0.39, 0.29) is 31.2 Å². The fourth-order valence-corrected chi connectivity index (χ4v) is 0.608. The average Bonchev–Trinajstić information content (AvgIpc) is 1.89. The first-order valence-corrected chi connectivity index (χ1v) is 2.69. The summed E-state index contributed by atoms with van der Waals surface area (Å²) >= 11 is 0. The van der Waals surface area contributed by atoms with Gasteiger partial charge in [0.05, 0.1) is 0 Å². The summed E-state index contributed by atoms with van der Waals surface area (Å²) < 4.78 is 12.5. The summed E-state index contributed by atoms with van der Waals surface area (Å²) in [5.41, 5.74) is 5.73. The van der Waals surface area contributed by atoms with E-state index in [4.69, 9.17) is 5.73 Å². The molecule has 0 saturated carbocycles. The molecule has 0 amide bonds. The summed E-state index contributed by atoms with van der Waals surface area (Å²) in [4.78, 5) is 0. The van der Waals surface area contributed by atoms with E-state index in [1.54, 1.807) is 12.1 Å². The van der Waals surface area contributed by atoms with E-state index in [1.165, 1.54) is 6.07 Å². The van der Waals surface area contributed by atoms with Crippen molar-refractivity contribution in [2.45, 2.75) is 6.54 Å². The van der Waals surface area contributed by atoms with Crippen LogP contribution in [0.15, 0.2) is 18.2 Å². The number of benzene rings is 1. The minimum absolute atomic E-state index is 0. The van der Waals surface area contributed by atoms with Gasteiger partial charge in [0.25, 0.3) is 0 Å². The maximum atomic E-state index is 12.5. The van der Waals surface area contributed by atoms with E-state index < -0.39 is 0 Å². The number of halogens is 1. The van der Waals surface area contributed by atoms with Gasteiger partial charge >= 0.3 is 18.9 Å². The number of rotatable bonds is 1. The Morgan fingerprint density at radius 2 is 2.30 bits per heavy atom. The van der Waals surface area contributed by atoms with Crippen LogP contribution >= 0.6 is 0 Å². The van der Waals surface area contributed by atoms with Crippen LogP contribution in [0.3, 0.4) is 0 Å². The molecular weight excluding hydrogens is 124 g/mol. The monoisotopic (exact) mass is 132 g/mol. The summed E-state index contributed by atoms with van der Waals surface area (Å²) in [7, 11) is 0. The first-order chi connectivity index (χ1) is 4.34. The van der Waals surface area contributed by atoms with Gasteiger partial charge in [-0.1, -0.05) is 12.1 Å². The van der Waals surface area contributed by atoms with Gasteiger partial charge in [0.2, 0.25) is 0 Å². The predicted octanol–water partition coefficient (Wildman–Crippen LogP) is 0.436. The van der Waals surface area contributed by atoms with Crippen molar-refractivity contribution in [2.24, 2.45) is 5.73 Å². The van der Waals surface area contributed by atoms with Crippen LogP contribution in [0.2, 0.25) is 0 Å². The van der Waals surface area contributed by atoms with E-state index in [2.05, 4.69) is 6.07 Å². The van der Waals surface area contributed by atoms with Crippen molar-refractivity contribution in [3.8, 4) is 0 Å². The molecule has 1 aromatic rings. The molecule has 0 aliphatic rings. The molecule has 0 atom stereocenters. The summed E-state index contributed by atoms with van der Waals surface area (Å²) in [5.74, 6) is -0.278. The van der Waals surface area contributed by atoms with E-state index in [9.17, 15) is 4.39 Å². The zero-order valence-electron chi connectivity index (χ0n) is 4.89. The van der Waals surface area contributed by atoms with Crippen LogP contribution in [0.4, 0.5) is 4.39 Å². The van der Waals surface area contributed by atoms with Crippen LogP contribution < -0.4 is 5.73 Å². The number of nitrogens with two attached hydrogens (primary N) is 1. The minimum atomic E-state index is -0.278. The van der Waals surface area contributed by atoms with E-state index in [0.29, 0.717) is 5.56 Å². The molecule has 2 N–H and O–H groups in total. The molecule has 0 saturated heterocycles. The van der Waals surface area contributed by atoms with Crippen molar-refractivity contribution >= 4 is 18.9 Å². The Morgan fingerprint density at radius 3 is 2.70 bits per heavy atom. The second-order valence-corrected chi connectivity index (χ2v) is 1.72. The van der Waals surface area contributed by atoms with Crippen LogP contribution in [0.5, 0.6) is 0 Å². The Kier molecular flexibility index (Phi) is 4.38. The summed E-state index contributed by atoms with van der Waals surface area (Å²) in [5, 5.41) is 0. The molecule has 1 aromatic carbocycles. The van der Waals surface area contributed by atoms with E-state index >= 15 is 0 Å². The van der Waals surface area contributed by atoms with Crippen molar-refractivity contribution in [1.29, 1.82) is 0 Å². The molecular formula is C7H8FLiN. The van der Waals surface area contributed by atoms with Crippen LogP contribution in [0, 0.1) is 11.9 Å². The van der Waals surface area contributed by atoms with Crippen LogP contribution in [-0.4, -0.2) is 18.9 Å². The second-order valence-electron chi connectivity index (χ2n) is 1.72. The number of hydrogen-bond acceptors (Lipinski definition) is 1. The summed E-state index contributed by atoms with van der Waals surface area (Å²) in [6.07, 6.45) is 0. The molecule has 3 heteroatoms. The van der Waals surface area contributed by atoms with Gasteiger partial charge in [0.1, 0.15) is 5.82 Å². The van der Waals surface area contributed by atoms with Gasteiger partial charge in [-0.15, -0.1) is 0 Å². The molecule has 1 radical (unpaired) electrons. The van der Waals surface area contributed by atoms with Gasteiger partial charge in [-0.2, -0.15) is 0 Å². The first-order valence-electron chi connectivity index (χ1n) is 2.69. The van der Waals surface area contributed by atoms with Crippen molar-refractivity contribution in [3.05, 3.63) is 35.6 Å². The third kappa shape index (κ3) is 2.15. The van der Waals surface area contributed by atoms with E-state index in [0.717, 1.165) is 0 Å². The Morgan fingerprint density at radius 1 is 1.60 bits per heavy atom. The van der Waals surface area contributed by atoms with Crippen LogP contribution in [0.25, 0.3) is 0 Å².